The Bertz CT molecular complexity index is 1210. The van der Waals surface area contributed by atoms with Crippen LogP contribution in [0.1, 0.15) is 36.9 Å². The molecule has 3 heterocycles. The topological polar surface area (TPSA) is 75.6 Å². The summed E-state index contributed by atoms with van der Waals surface area (Å²) < 4.78 is 5.36. The number of aryl methyl sites for hydroxylation is 1. The van der Waals surface area contributed by atoms with Crippen LogP contribution in [0.5, 0.6) is 5.75 Å². The molecule has 1 aromatic carbocycles. The molecule has 1 fully saturated rings. The van der Waals surface area contributed by atoms with Crippen molar-refractivity contribution in [3.05, 3.63) is 65.1 Å². The van der Waals surface area contributed by atoms with Crippen molar-refractivity contribution in [2.45, 2.75) is 32.1 Å². The molecular formula is C27H28ClN3O3. The molecule has 2 aromatic heterocycles. The summed E-state index contributed by atoms with van der Waals surface area (Å²) in [5, 5.41) is 11.6. The molecule has 0 radical (unpaired) electrons. The number of ether oxygens (including phenoxy) is 1. The van der Waals surface area contributed by atoms with E-state index < -0.39 is 11.4 Å². The van der Waals surface area contributed by atoms with E-state index in [1.807, 2.05) is 36.4 Å². The van der Waals surface area contributed by atoms with E-state index in [1.54, 1.807) is 19.5 Å². The maximum absolute atomic E-state index is 12.3. The summed E-state index contributed by atoms with van der Waals surface area (Å²) in [7, 11) is 1.63. The molecule has 0 spiro atoms. The van der Waals surface area contributed by atoms with Crippen LogP contribution in [-0.4, -0.2) is 52.7 Å². The zero-order chi connectivity index (χ0) is 24.0. The lowest BCUT2D eigenvalue weighted by atomic mass is 9.74. The fraction of sp³-hybridized carbons (Fsp3) is 0.370. The van der Waals surface area contributed by atoms with Gasteiger partial charge in [0.25, 0.3) is 0 Å². The summed E-state index contributed by atoms with van der Waals surface area (Å²) in [6.07, 6.45) is 6.67. The van der Waals surface area contributed by atoms with E-state index in [1.165, 1.54) is 0 Å². The SMILES string of the molecule is COc1ccc2ncc(Cl)c(CCCC3(C(=O)O)CCN(CC#Cc4ccccn4)CC3)c2c1. The quantitative estimate of drug-likeness (QED) is 0.491. The number of likely N-dealkylation sites (tertiary alicyclic amines) is 1. The zero-order valence-electron chi connectivity index (χ0n) is 19.3. The zero-order valence-corrected chi connectivity index (χ0v) is 20.0. The Hall–Kier alpha value is -3.14. The molecular weight excluding hydrogens is 450 g/mol. The number of aromatic nitrogens is 2. The van der Waals surface area contributed by atoms with E-state index in [4.69, 9.17) is 16.3 Å². The van der Waals surface area contributed by atoms with Crippen molar-refractivity contribution in [1.29, 1.82) is 0 Å². The van der Waals surface area contributed by atoms with E-state index in [-0.39, 0.29) is 0 Å². The van der Waals surface area contributed by atoms with Crippen LogP contribution in [0.25, 0.3) is 10.9 Å². The van der Waals surface area contributed by atoms with Gasteiger partial charge in [-0.15, -0.1) is 0 Å². The van der Waals surface area contributed by atoms with Crippen molar-refractivity contribution >= 4 is 28.5 Å². The number of benzene rings is 1. The van der Waals surface area contributed by atoms with Crippen molar-refractivity contribution in [1.82, 2.24) is 14.9 Å². The summed E-state index contributed by atoms with van der Waals surface area (Å²) in [6, 6.07) is 11.4. The number of methoxy groups -OCH3 is 1. The number of carboxylic acid groups (broad SMARTS) is 1. The normalized spacial score (nSPS) is 15.5. The highest BCUT2D eigenvalue weighted by molar-refractivity contribution is 6.32. The molecule has 1 saturated heterocycles. The van der Waals surface area contributed by atoms with Crippen LogP contribution >= 0.6 is 11.6 Å². The van der Waals surface area contributed by atoms with Crippen LogP contribution in [0, 0.1) is 17.3 Å². The number of carboxylic acids is 1. The van der Waals surface area contributed by atoms with Gasteiger partial charge in [-0.3, -0.25) is 14.7 Å². The van der Waals surface area contributed by atoms with Gasteiger partial charge in [0.05, 0.1) is 29.6 Å². The first-order chi connectivity index (χ1) is 16.5. The molecule has 4 rings (SSSR count). The minimum atomic E-state index is -0.710. The molecule has 3 aromatic rings. The van der Waals surface area contributed by atoms with Gasteiger partial charge in [0, 0.05) is 30.9 Å². The second kappa shape index (κ2) is 10.9. The molecule has 0 bridgehead atoms. The number of fused-ring (bicyclic) bond motifs is 1. The van der Waals surface area contributed by atoms with Crippen molar-refractivity contribution < 1.29 is 14.6 Å². The lowest BCUT2D eigenvalue weighted by Gasteiger charge is -2.38. The van der Waals surface area contributed by atoms with Crippen LogP contribution in [0.2, 0.25) is 5.02 Å². The number of aliphatic carboxylic acids is 1. The lowest BCUT2D eigenvalue weighted by Crippen LogP contribution is -2.44. The van der Waals surface area contributed by atoms with Crippen molar-refractivity contribution in [2.75, 3.05) is 26.7 Å². The molecule has 1 aliphatic rings. The predicted octanol–water partition coefficient (Wildman–Crippen LogP) is 4.83. The average molecular weight is 478 g/mol. The fourth-order valence-electron chi connectivity index (χ4n) is 4.58. The van der Waals surface area contributed by atoms with Gasteiger partial charge in [-0.25, -0.2) is 4.98 Å². The number of halogens is 1. The van der Waals surface area contributed by atoms with Crippen LogP contribution in [0.3, 0.4) is 0 Å². The number of hydrogen-bond acceptors (Lipinski definition) is 5. The Morgan fingerprint density at radius 2 is 2.06 bits per heavy atom. The molecule has 0 saturated carbocycles. The highest BCUT2D eigenvalue weighted by Crippen LogP contribution is 2.38. The standard InChI is InChI=1S/C27H28ClN3O3/c1-34-21-9-10-25-23(18-21)22(24(28)19-30-25)8-4-11-27(26(32)33)12-16-31(17-13-27)15-5-7-20-6-2-3-14-29-20/h2-3,6,9-10,14,18-19H,4,8,11-13,15-17H2,1H3,(H,32,33). The summed E-state index contributed by atoms with van der Waals surface area (Å²) in [6.45, 7) is 2.06. The highest BCUT2D eigenvalue weighted by atomic mass is 35.5. The first kappa shape index (κ1) is 24.0. The maximum atomic E-state index is 12.3. The molecule has 176 valence electrons. The van der Waals surface area contributed by atoms with Gasteiger partial charge >= 0.3 is 5.97 Å². The van der Waals surface area contributed by atoms with Crippen LogP contribution < -0.4 is 4.74 Å². The summed E-state index contributed by atoms with van der Waals surface area (Å²) in [4.78, 5) is 23.1. The second-order valence-corrected chi connectivity index (χ2v) is 9.11. The molecule has 0 unspecified atom stereocenters. The molecule has 0 aliphatic carbocycles. The number of nitrogens with zero attached hydrogens (tertiary/aromatic N) is 3. The van der Waals surface area contributed by atoms with Gasteiger partial charge in [0.2, 0.25) is 0 Å². The van der Waals surface area contributed by atoms with Gasteiger partial charge in [0.15, 0.2) is 0 Å². The van der Waals surface area contributed by atoms with Crippen molar-refractivity contribution in [2.24, 2.45) is 5.41 Å². The third kappa shape index (κ3) is 5.49. The Balaban J connectivity index is 1.38. The molecule has 34 heavy (non-hydrogen) atoms. The predicted molar refractivity (Wildman–Crippen MR) is 133 cm³/mol. The number of hydrogen-bond donors (Lipinski definition) is 1. The van der Waals surface area contributed by atoms with E-state index in [2.05, 4.69) is 26.7 Å². The Kier molecular flexibility index (Phi) is 7.66. The van der Waals surface area contributed by atoms with E-state index >= 15 is 0 Å². The Morgan fingerprint density at radius 3 is 2.76 bits per heavy atom. The van der Waals surface area contributed by atoms with Crippen molar-refractivity contribution in [3.63, 3.8) is 0 Å². The van der Waals surface area contributed by atoms with Gasteiger partial charge in [-0.1, -0.05) is 23.6 Å². The number of rotatable bonds is 7. The van der Waals surface area contributed by atoms with Gasteiger partial charge in [0.1, 0.15) is 11.4 Å². The highest BCUT2D eigenvalue weighted by Gasteiger charge is 2.40. The minimum Gasteiger partial charge on any atom is -0.497 e. The number of carbonyl (C=O) groups is 1. The largest absolute Gasteiger partial charge is 0.497 e. The fourth-order valence-corrected chi connectivity index (χ4v) is 4.82. The maximum Gasteiger partial charge on any atom is 0.309 e. The van der Waals surface area contributed by atoms with Gasteiger partial charge in [-0.05, 0) is 73.9 Å². The average Bonchev–Trinajstić information content (AvgIpc) is 2.86. The Morgan fingerprint density at radius 1 is 1.24 bits per heavy atom. The first-order valence-corrected chi connectivity index (χ1v) is 11.9. The molecule has 1 N–H and O–H groups in total. The Labute approximate surface area is 204 Å². The molecule has 0 amide bonds. The monoisotopic (exact) mass is 477 g/mol. The van der Waals surface area contributed by atoms with Crippen molar-refractivity contribution in [3.8, 4) is 17.6 Å². The smallest absolute Gasteiger partial charge is 0.309 e. The number of pyridine rings is 2. The third-order valence-electron chi connectivity index (χ3n) is 6.67. The van der Waals surface area contributed by atoms with Gasteiger partial charge < -0.3 is 9.84 Å². The second-order valence-electron chi connectivity index (χ2n) is 8.70. The molecule has 7 heteroatoms. The molecule has 0 atom stereocenters. The first-order valence-electron chi connectivity index (χ1n) is 11.5. The minimum absolute atomic E-state index is 0.603. The van der Waals surface area contributed by atoms with Gasteiger partial charge in [-0.2, -0.15) is 0 Å². The van der Waals surface area contributed by atoms with E-state index in [0.29, 0.717) is 37.3 Å². The molecule has 1 aliphatic heterocycles. The van der Waals surface area contributed by atoms with Crippen LogP contribution in [0.15, 0.2) is 48.8 Å². The van der Waals surface area contributed by atoms with E-state index in [9.17, 15) is 9.90 Å². The number of piperidine rings is 1. The lowest BCUT2D eigenvalue weighted by molar-refractivity contribution is -0.152. The van der Waals surface area contributed by atoms with Crippen LogP contribution in [0.4, 0.5) is 0 Å². The molecule has 6 nitrogen and oxygen atoms in total. The van der Waals surface area contributed by atoms with E-state index in [0.717, 1.165) is 47.4 Å². The summed E-state index contributed by atoms with van der Waals surface area (Å²) in [5.74, 6) is 6.27. The summed E-state index contributed by atoms with van der Waals surface area (Å²) >= 11 is 6.49. The third-order valence-corrected chi connectivity index (χ3v) is 6.99. The van der Waals surface area contributed by atoms with Crippen LogP contribution in [-0.2, 0) is 11.2 Å². The summed E-state index contributed by atoms with van der Waals surface area (Å²) in [5.41, 5.74) is 1.89.